The van der Waals surface area contributed by atoms with Crippen molar-refractivity contribution in [2.75, 3.05) is 6.61 Å². The molecule has 1 nitrogen and oxygen atoms in total. The summed E-state index contributed by atoms with van der Waals surface area (Å²) in [5.74, 6) is 2.37. The Kier molecular flexibility index (Phi) is 1.54. The lowest BCUT2D eigenvalue weighted by Gasteiger charge is -2.15. The van der Waals surface area contributed by atoms with Crippen molar-refractivity contribution in [1.29, 1.82) is 0 Å². The van der Waals surface area contributed by atoms with Gasteiger partial charge in [-0.15, -0.1) is 0 Å². The molecule has 0 saturated heterocycles. The number of rotatable bonds is 2. The molecule has 64 valence electrons. The first-order chi connectivity index (χ1) is 5.20. The van der Waals surface area contributed by atoms with Gasteiger partial charge in [-0.2, -0.15) is 0 Å². The van der Waals surface area contributed by atoms with Gasteiger partial charge in [0, 0.05) is 6.61 Å². The third-order valence-electron chi connectivity index (χ3n) is 4.11. The second-order valence-corrected chi connectivity index (χ2v) is 4.68. The van der Waals surface area contributed by atoms with E-state index < -0.39 is 0 Å². The van der Waals surface area contributed by atoms with Gasteiger partial charge in [0.05, 0.1) is 0 Å². The molecule has 0 spiro atoms. The van der Waals surface area contributed by atoms with Crippen molar-refractivity contribution >= 4 is 0 Å². The van der Waals surface area contributed by atoms with Gasteiger partial charge in [0.1, 0.15) is 0 Å². The summed E-state index contributed by atoms with van der Waals surface area (Å²) in [6.45, 7) is 5.10. The smallest absolute Gasteiger partial charge is 0.0462 e. The van der Waals surface area contributed by atoms with E-state index in [9.17, 15) is 0 Å². The summed E-state index contributed by atoms with van der Waals surface area (Å²) in [6, 6.07) is 0. The summed E-state index contributed by atoms with van der Waals surface area (Å²) in [5.41, 5.74) is 0.674. The van der Waals surface area contributed by atoms with E-state index in [1.54, 1.807) is 0 Å². The van der Waals surface area contributed by atoms with E-state index in [2.05, 4.69) is 13.8 Å². The van der Waals surface area contributed by atoms with E-state index >= 15 is 0 Å². The van der Waals surface area contributed by atoms with Gasteiger partial charge in [-0.05, 0) is 42.4 Å². The Balaban J connectivity index is 2.04. The number of hydrogen-bond acceptors (Lipinski definition) is 1. The highest BCUT2D eigenvalue weighted by Crippen LogP contribution is 2.69. The van der Waals surface area contributed by atoms with Crippen LogP contribution in [0.5, 0.6) is 0 Å². The van der Waals surface area contributed by atoms with Crippen LogP contribution < -0.4 is 0 Å². The van der Waals surface area contributed by atoms with E-state index in [0.29, 0.717) is 17.9 Å². The van der Waals surface area contributed by atoms with Crippen LogP contribution in [0.3, 0.4) is 0 Å². The molecular formula is C10H18O. The molecule has 3 atom stereocenters. The quantitative estimate of drug-likeness (QED) is 0.645. The highest BCUT2D eigenvalue weighted by molar-refractivity contribution is 5.11. The number of fused-ring (bicyclic) bond motifs is 1. The van der Waals surface area contributed by atoms with Crippen molar-refractivity contribution in [3.05, 3.63) is 0 Å². The summed E-state index contributed by atoms with van der Waals surface area (Å²) in [5, 5.41) is 9.06. The minimum atomic E-state index is 0.430. The molecule has 1 N–H and O–H groups in total. The molecule has 0 aliphatic heterocycles. The monoisotopic (exact) mass is 154 g/mol. The van der Waals surface area contributed by atoms with Gasteiger partial charge >= 0.3 is 0 Å². The Morgan fingerprint density at radius 2 is 2.27 bits per heavy atom. The van der Waals surface area contributed by atoms with Crippen LogP contribution in [0, 0.1) is 23.2 Å². The van der Waals surface area contributed by atoms with Gasteiger partial charge in [0.2, 0.25) is 0 Å². The standard InChI is InChI=1S/C10H18O/c1-7(2)10-4-3-8(6-11)9(10)5-10/h7-9,11H,3-6H2,1-2H3/t8-,9+,10+/m0/s1. The second-order valence-electron chi connectivity index (χ2n) is 4.68. The van der Waals surface area contributed by atoms with Crippen molar-refractivity contribution in [3.8, 4) is 0 Å². The molecule has 11 heavy (non-hydrogen) atoms. The molecule has 0 unspecified atom stereocenters. The van der Waals surface area contributed by atoms with Crippen LogP contribution in [0.2, 0.25) is 0 Å². The first kappa shape index (κ1) is 7.60. The summed E-state index contributed by atoms with van der Waals surface area (Å²) in [6.07, 6.45) is 4.05. The lowest BCUT2D eigenvalue weighted by Crippen LogP contribution is -2.08. The van der Waals surface area contributed by atoms with Crippen molar-refractivity contribution in [3.63, 3.8) is 0 Å². The third-order valence-corrected chi connectivity index (χ3v) is 4.11. The van der Waals surface area contributed by atoms with Gasteiger partial charge in [0.15, 0.2) is 0 Å². The highest BCUT2D eigenvalue weighted by atomic mass is 16.3. The molecule has 2 fully saturated rings. The molecule has 1 heteroatoms. The zero-order valence-electron chi connectivity index (χ0n) is 7.51. The molecule has 0 amide bonds. The van der Waals surface area contributed by atoms with Gasteiger partial charge in [-0.25, -0.2) is 0 Å². The van der Waals surface area contributed by atoms with Crippen LogP contribution in [0.4, 0.5) is 0 Å². The fourth-order valence-electron chi connectivity index (χ4n) is 3.10. The molecule has 2 rings (SSSR count). The Morgan fingerprint density at radius 1 is 1.55 bits per heavy atom. The first-order valence-corrected chi connectivity index (χ1v) is 4.81. The molecular weight excluding hydrogens is 136 g/mol. The maximum Gasteiger partial charge on any atom is 0.0462 e. The van der Waals surface area contributed by atoms with Crippen molar-refractivity contribution in [2.24, 2.45) is 23.2 Å². The number of hydrogen-bond donors (Lipinski definition) is 1. The molecule has 2 saturated carbocycles. The van der Waals surface area contributed by atoms with Crippen molar-refractivity contribution in [1.82, 2.24) is 0 Å². The first-order valence-electron chi connectivity index (χ1n) is 4.81. The van der Waals surface area contributed by atoms with Crippen molar-refractivity contribution in [2.45, 2.75) is 33.1 Å². The molecule has 0 aromatic heterocycles. The lowest BCUT2D eigenvalue weighted by molar-refractivity contribution is 0.212. The third kappa shape index (κ3) is 0.868. The van der Waals surface area contributed by atoms with Crippen LogP contribution >= 0.6 is 0 Å². The zero-order chi connectivity index (χ0) is 8.06. The Bertz CT molecular complexity index is 164. The van der Waals surface area contributed by atoms with Crippen LogP contribution in [-0.4, -0.2) is 11.7 Å². The van der Waals surface area contributed by atoms with Gasteiger partial charge in [-0.1, -0.05) is 13.8 Å². The SMILES string of the molecule is CC(C)[C@]12CC[C@@H](CO)[C@H]1C2. The predicted molar refractivity (Wildman–Crippen MR) is 45.2 cm³/mol. The predicted octanol–water partition coefficient (Wildman–Crippen LogP) is 2.05. The van der Waals surface area contributed by atoms with Crippen LogP contribution in [-0.2, 0) is 0 Å². The van der Waals surface area contributed by atoms with E-state index in [1.807, 2.05) is 0 Å². The topological polar surface area (TPSA) is 20.2 Å². The van der Waals surface area contributed by atoms with Crippen molar-refractivity contribution < 1.29 is 5.11 Å². The minimum absolute atomic E-state index is 0.430. The summed E-state index contributed by atoms with van der Waals surface area (Å²) < 4.78 is 0. The fourth-order valence-corrected chi connectivity index (χ4v) is 3.10. The molecule has 2 aliphatic rings. The Labute approximate surface area is 68.8 Å². The minimum Gasteiger partial charge on any atom is -0.396 e. The highest BCUT2D eigenvalue weighted by Gasteiger charge is 2.62. The molecule has 0 bridgehead atoms. The lowest BCUT2D eigenvalue weighted by atomic mass is 9.90. The average Bonchev–Trinajstić information content (AvgIpc) is 2.61. The van der Waals surface area contributed by atoms with Crippen LogP contribution in [0.15, 0.2) is 0 Å². The van der Waals surface area contributed by atoms with Crippen LogP contribution in [0.1, 0.15) is 33.1 Å². The molecule has 0 aromatic rings. The summed E-state index contributed by atoms with van der Waals surface area (Å²) in [7, 11) is 0. The average molecular weight is 154 g/mol. The maximum atomic E-state index is 9.06. The Morgan fingerprint density at radius 3 is 2.55 bits per heavy atom. The molecule has 2 aliphatic carbocycles. The zero-order valence-corrected chi connectivity index (χ0v) is 7.51. The maximum absolute atomic E-state index is 9.06. The van der Waals surface area contributed by atoms with E-state index in [-0.39, 0.29) is 0 Å². The van der Waals surface area contributed by atoms with E-state index in [0.717, 1.165) is 11.8 Å². The van der Waals surface area contributed by atoms with Crippen LogP contribution in [0.25, 0.3) is 0 Å². The number of aliphatic hydroxyl groups excluding tert-OH is 1. The van der Waals surface area contributed by atoms with Gasteiger partial charge in [-0.3, -0.25) is 0 Å². The summed E-state index contributed by atoms with van der Waals surface area (Å²) in [4.78, 5) is 0. The van der Waals surface area contributed by atoms with E-state index in [4.69, 9.17) is 5.11 Å². The Hall–Kier alpha value is -0.0400. The molecule has 0 heterocycles. The second kappa shape index (κ2) is 2.22. The normalized spacial score (nSPS) is 48.0. The molecule has 0 radical (unpaired) electrons. The molecule has 0 aromatic carbocycles. The fraction of sp³-hybridized carbons (Fsp3) is 1.00. The number of aliphatic hydroxyl groups is 1. The van der Waals surface area contributed by atoms with E-state index in [1.165, 1.54) is 19.3 Å². The van der Waals surface area contributed by atoms with Gasteiger partial charge in [0.25, 0.3) is 0 Å². The van der Waals surface area contributed by atoms with Gasteiger partial charge < -0.3 is 5.11 Å². The summed E-state index contributed by atoms with van der Waals surface area (Å²) >= 11 is 0. The largest absolute Gasteiger partial charge is 0.396 e.